The molecule has 0 aliphatic carbocycles. The molecule has 0 spiro atoms. The zero-order valence-electron chi connectivity index (χ0n) is 16.3. The van der Waals surface area contributed by atoms with E-state index in [0.717, 1.165) is 36.2 Å². The van der Waals surface area contributed by atoms with Gasteiger partial charge >= 0.3 is 0 Å². The van der Waals surface area contributed by atoms with Gasteiger partial charge in [-0.1, -0.05) is 18.2 Å². The smallest absolute Gasteiger partial charge is 0.255 e. The van der Waals surface area contributed by atoms with E-state index in [0.29, 0.717) is 5.56 Å². The molecule has 28 heavy (non-hydrogen) atoms. The first kappa shape index (κ1) is 18.6. The summed E-state index contributed by atoms with van der Waals surface area (Å²) in [5.74, 6) is -0.114. The van der Waals surface area contributed by atoms with E-state index < -0.39 is 0 Å². The topological polar surface area (TPSA) is 54.5 Å². The van der Waals surface area contributed by atoms with Gasteiger partial charge in [-0.15, -0.1) is 0 Å². The summed E-state index contributed by atoms with van der Waals surface area (Å²) in [6, 6.07) is 17.4. The van der Waals surface area contributed by atoms with Crippen LogP contribution in [-0.2, 0) is 11.3 Å². The molecule has 2 aromatic carbocycles. The molecule has 4 rings (SSSR count). The largest absolute Gasteiger partial charge is 0.373 e. The maximum absolute atomic E-state index is 12.7. The van der Waals surface area contributed by atoms with Gasteiger partial charge in [-0.25, -0.2) is 0 Å². The molecule has 0 saturated carbocycles. The third kappa shape index (κ3) is 4.21. The van der Waals surface area contributed by atoms with Crippen LogP contribution in [0.3, 0.4) is 0 Å². The number of pyridine rings is 1. The molecule has 1 fully saturated rings. The quantitative estimate of drug-likeness (QED) is 0.746. The van der Waals surface area contributed by atoms with Crippen LogP contribution in [0, 0.1) is 0 Å². The van der Waals surface area contributed by atoms with Gasteiger partial charge in [0.05, 0.1) is 23.4 Å². The summed E-state index contributed by atoms with van der Waals surface area (Å²) < 4.78 is 5.79. The predicted molar refractivity (Wildman–Crippen MR) is 111 cm³/mol. The van der Waals surface area contributed by atoms with Gasteiger partial charge in [0.15, 0.2) is 0 Å². The van der Waals surface area contributed by atoms with Crippen LogP contribution in [0.5, 0.6) is 0 Å². The molecule has 0 radical (unpaired) electrons. The lowest BCUT2D eigenvalue weighted by atomic mass is 10.1. The number of carbonyl (C=O) groups excluding carboxylic acids is 1. The molecule has 1 aliphatic heterocycles. The van der Waals surface area contributed by atoms with Gasteiger partial charge < -0.3 is 10.1 Å². The first-order valence-corrected chi connectivity index (χ1v) is 9.70. The lowest BCUT2D eigenvalue weighted by molar-refractivity contribution is -0.0704. The molecule has 1 saturated heterocycles. The van der Waals surface area contributed by atoms with Crippen molar-refractivity contribution in [2.45, 2.75) is 32.6 Å². The van der Waals surface area contributed by atoms with Gasteiger partial charge in [0.1, 0.15) is 0 Å². The standard InChI is InChI=1S/C23H25N3O2/c1-16-13-26(14-17(2)28-16)15-18-8-10-19(11-9-18)23(27)25-22-7-3-6-21-20(22)5-4-12-24-21/h3-12,16-17H,13-15H2,1-2H3,(H,25,27). The fourth-order valence-corrected chi connectivity index (χ4v) is 3.84. The van der Waals surface area contributed by atoms with Crippen molar-refractivity contribution in [1.29, 1.82) is 0 Å². The van der Waals surface area contributed by atoms with Crippen LogP contribution in [0.2, 0.25) is 0 Å². The van der Waals surface area contributed by atoms with Crippen molar-refractivity contribution in [2.24, 2.45) is 0 Å². The highest BCUT2D eigenvalue weighted by Crippen LogP contribution is 2.22. The molecule has 2 unspecified atom stereocenters. The number of anilines is 1. The van der Waals surface area contributed by atoms with E-state index in [1.165, 1.54) is 5.56 Å². The second-order valence-corrected chi connectivity index (χ2v) is 7.48. The predicted octanol–water partition coefficient (Wildman–Crippen LogP) is 4.10. The zero-order chi connectivity index (χ0) is 19.5. The molecule has 144 valence electrons. The Hall–Kier alpha value is -2.76. The zero-order valence-corrected chi connectivity index (χ0v) is 16.3. The number of fused-ring (bicyclic) bond motifs is 1. The Morgan fingerprint density at radius 1 is 1.07 bits per heavy atom. The van der Waals surface area contributed by atoms with E-state index in [4.69, 9.17) is 4.74 Å². The number of nitrogens with zero attached hydrogens (tertiary/aromatic N) is 2. The summed E-state index contributed by atoms with van der Waals surface area (Å²) in [6.07, 6.45) is 2.26. The van der Waals surface area contributed by atoms with E-state index in [-0.39, 0.29) is 18.1 Å². The minimum absolute atomic E-state index is 0.114. The van der Waals surface area contributed by atoms with E-state index >= 15 is 0 Å². The second kappa shape index (κ2) is 8.09. The highest BCUT2D eigenvalue weighted by molar-refractivity contribution is 6.08. The molecular weight excluding hydrogens is 350 g/mol. The van der Waals surface area contributed by atoms with Crippen molar-refractivity contribution in [3.05, 3.63) is 71.9 Å². The maximum atomic E-state index is 12.7. The lowest BCUT2D eigenvalue weighted by Gasteiger charge is -2.35. The summed E-state index contributed by atoms with van der Waals surface area (Å²) in [5.41, 5.74) is 3.49. The molecule has 5 heteroatoms. The van der Waals surface area contributed by atoms with Crippen LogP contribution in [0.1, 0.15) is 29.8 Å². The molecule has 2 heterocycles. The number of amides is 1. The summed E-state index contributed by atoms with van der Waals surface area (Å²) in [5, 5.41) is 3.94. The molecule has 3 aromatic rings. The van der Waals surface area contributed by atoms with Crippen LogP contribution in [0.15, 0.2) is 60.8 Å². The van der Waals surface area contributed by atoms with Crippen molar-refractivity contribution in [1.82, 2.24) is 9.88 Å². The third-order valence-corrected chi connectivity index (χ3v) is 5.01. The number of hydrogen-bond donors (Lipinski definition) is 1. The van der Waals surface area contributed by atoms with Crippen LogP contribution in [0.4, 0.5) is 5.69 Å². The molecular formula is C23H25N3O2. The van der Waals surface area contributed by atoms with Crippen molar-refractivity contribution in [3.8, 4) is 0 Å². The average Bonchev–Trinajstić information content (AvgIpc) is 2.68. The lowest BCUT2D eigenvalue weighted by Crippen LogP contribution is -2.44. The Morgan fingerprint density at radius 2 is 1.82 bits per heavy atom. The Kier molecular flexibility index (Phi) is 5.37. The maximum Gasteiger partial charge on any atom is 0.255 e. The summed E-state index contributed by atoms with van der Waals surface area (Å²) >= 11 is 0. The SMILES string of the molecule is CC1CN(Cc2ccc(C(=O)Nc3cccc4ncccc34)cc2)CC(C)O1. The third-order valence-electron chi connectivity index (χ3n) is 5.01. The van der Waals surface area contributed by atoms with Gasteiger partial charge in [-0.3, -0.25) is 14.7 Å². The summed E-state index contributed by atoms with van der Waals surface area (Å²) in [7, 11) is 0. The van der Waals surface area contributed by atoms with E-state index in [9.17, 15) is 4.79 Å². The monoisotopic (exact) mass is 375 g/mol. The van der Waals surface area contributed by atoms with Crippen LogP contribution in [-0.4, -0.2) is 41.1 Å². The van der Waals surface area contributed by atoms with Gasteiger partial charge in [-0.2, -0.15) is 0 Å². The number of rotatable bonds is 4. The second-order valence-electron chi connectivity index (χ2n) is 7.48. The Bertz CT molecular complexity index is 956. The number of nitrogens with one attached hydrogen (secondary N) is 1. The summed E-state index contributed by atoms with van der Waals surface area (Å²) in [6.45, 7) is 6.95. The Balaban J connectivity index is 1.44. The van der Waals surface area contributed by atoms with E-state index in [1.807, 2.05) is 54.6 Å². The van der Waals surface area contributed by atoms with Gasteiger partial charge in [0.25, 0.3) is 5.91 Å². The number of hydrogen-bond acceptors (Lipinski definition) is 4. The van der Waals surface area contributed by atoms with Crippen LogP contribution >= 0.6 is 0 Å². The van der Waals surface area contributed by atoms with Gasteiger partial charge in [-0.05, 0) is 55.8 Å². The molecule has 1 N–H and O–H groups in total. The number of aromatic nitrogens is 1. The first-order valence-electron chi connectivity index (χ1n) is 9.70. The number of carbonyl (C=O) groups is 1. The molecule has 5 nitrogen and oxygen atoms in total. The molecule has 1 aliphatic rings. The van der Waals surface area contributed by atoms with E-state index in [2.05, 4.69) is 29.0 Å². The van der Waals surface area contributed by atoms with Crippen molar-refractivity contribution < 1.29 is 9.53 Å². The minimum Gasteiger partial charge on any atom is -0.373 e. The fraction of sp³-hybridized carbons (Fsp3) is 0.304. The summed E-state index contributed by atoms with van der Waals surface area (Å²) in [4.78, 5) is 19.4. The molecule has 2 atom stereocenters. The first-order chi connectivity index (χ1) is 13.6. The highest BCUT2D eigenvalue weighted by Gasteiger charge is 2.22. The minimum atomic E-state index is -0.114. The van der Waals surface area contributed by atoms with Crippen molar-refractivity contribution in [3.63, 3.8) is 0 Å². The molecule has 1 amide bonds. The van der Waals surface area contributed by atoms with Crippen LogP contribution in [0.25, 0.3) is 10.9 Å². The number of benzene rings is 2. The number of ether oxygens (including phenoxy) is 1. The van der Waals surface area contributed by atoms with Gasteiger partial charge in [0, 0.05) is 36.8 Å². The van der Waals surface area contributed by atoms with Crippen molar-refractivity contribution in [2.75, 3.05) is 18.4 Å². The van der Waals surface area contributed by atoms with E-state index in [1.54, 1.807) is 6.20 Å². The Morgan fingerprint density at radius 3 is 2.57 bits per heavy atom. The van der Waals surface area contributed by atoms with Gasteiger partial charge in [0.2, 0.25) is 0 Å². The van der Waals surface area contributed by atoms with Crippen LogP contribution < -0.4 is 5.32 Å². The average molecular weight is 375 g/mol. The van der Waals surface area contributed by atoms with Crippen molar-refractivity contribution >= 4 is 22.5 Å². The Labute approximate surface area is 165 Å². The molecule has 1 aromatic heterocycles. The normalized spacial score (nSPS) is 20.2. The highest BCUT2D eigenvalue weighted by atomic mass is 16.5. The number of morpholine rings is 1. The molecule has 0 bridgehead atoms. The fourth-order valence-electron chi connectivity index (χ4n) is 3.84.